The van der Waals surface area contributed by atoms with Crippen LogP contribution in [0.3, 0.4) is 0 Å². The summed E-state index contributed by atoms with van der Waals surface area (Å²) < 4.78 is 36.3. The minimum absolute atomic E-state index is 0.0921. The molecule has 5 unspecified atom stereocenters. The Morgan fingerprint density at radius 2 is 2.15 bits per heavy atom. The zero-order chi connectivity index (χ0) is 24.1. The molecule has 13 heteroatoms. The number of imidazole rings is 1. The Labute approximate surface area is 193 Å². The molecule has 3 N–H and O–H groups in total. The van der Waals surface area contributed by atoms with Crippen molar-refractivity contribution >= 4 is 31.3 Å². The fraction of sp³-hybridized carbons (Fsp3) is 0.700. The van der Waals surface area contributed by atoms with Crippen LogP contribution in [-0.4, -0.2) is 57.5 Å². The summed E-state index contributed by atoms with van der Waals surface area (Å²) in [6.07, 6.45) is 1.73. The minimum atomic E-state index is -2.14. The van der Waals surface area contributed by atoms with Crippen LogP contribution in [0.1, 0.15) is 47.3 Å². The van der Waals surface area contributed by atoms with E-state index in [9.17, 15) is 9.36 Å². The zero-order valence-corrected chi connectivity index (χ0v) is 20.4. The summed E-state index contributed by atoms with van der Waals surface area (Å²) in [7, 11) is -2.14. The van der Waals surface area contributed by atoms with Crippen LogP contribution in [0.25, 0.3) is 11.2 Å². The molecule has 0 saturated carbocycles. The number of nitrogens with one attached hydrogen (secondary N) is 1. The van der Waals surface area contributed by atoms with Crippen LogP contribution in [0.5, 0.6) is 5.88 Å². The Morgan fingerprint density at radius 1 is 1.39 bits per heavy atom. The molecular weight excluding hydrogens is 451 g/mol. The monoisotopic (exact) mass is 483 g/mol. The van der Waals surface area contributed by atoms with E-state index in [1.165, 1.54) is 0 Å². The molecule has 0 radical (unpaired) electrons. The quantitative estimate of drug-likeness (QED) is 0.358. The molecule has 5 atom stereocenters. The molecule has 0 aromatic carbocycles. The Kier molecular flexibility index (Phi) is 8.52. The van der Waals surface area contributed by atoms with E-state index >= 15 is 0 Å². The smallest absolute Gasteiger partial charge is 0.476 e. The average molecular weight is 483 g/mol. The molecule has 1 aliphatic rings. The predicted octanol–water partition coefficient (Wildman–Crippen LogP) is 2.58. The molecule has 182 valence electrons. The van der Waals surface area contributed by atoms with Gasteiger partial charge < -0.3 is 19.9 Å². The molecule has 0 amide bonds. The molecule has 33 heavy (non-hydrogen) atoms. The Morgan fingerprint density at radius 3 is 2.85 bits per heavy atom. The van der Waals surface area contributed by atoms with E-state index in [0.29, 0.717) is 30.1 Å². The number of nitrogen functional groups attached to an aromatic ring is 1. The Hall–Kier alpha value is -2.40. The first-order chi connectivity index (χ1) is 15.7. The molecule has 0 aliphatic carbocycles. The van der Waals surface area contributed by atoms with Crippen LogP contribution in [-0.2, 0) is 23.4 Å². The Balaban J connectivity index is 1.55. The highest BCUT2D eigenvalue weighted by atomic mass is 31.1. The molecule has 0 bridgehead atoms. The number of rotatable bonds is 11. The number of anilines is 1. The summed E-state index contributed by atoms with van der Waals surface area (Å²) in [5, 5.41) is 2.79. The topological polar surface area (TPSA) is 153 Å². The van der Waals surface area contributed by atoms with Gasteiger partial charge >= 0.3 is 14.1 Å². The van der Waals surface area contributed by atoms with Crippen LogP contribution >= 0.6 is 8.18 Å². The van der Waals surface area contributed by atoms with E-state index in [2.05, 4.69) is 20.0 Å². The summed E-state index contributed by atoms with van der Waals surface area (Å²) in [6.45, 7) is 9.87. The summed E-state index contributed by atoms with van der Waals surface area (Å²) in [6, 6.07) is -0.311. The number of aromatic nitrogens is 4. The van der Waals surface area contributed by atoms with Gasteiger partial charge in [0.25, 0.3) is 0 Å². The number of carbonyl (C=O) groups is 1. The van der Waals surface area contributed by atoms with Crippen molar-refractivity contribution in [3.05, 3.63) is 6.33 Å². The normalized spacial score (nSPS) is 22.0. The molecule has 1 saturated heterocycles. The number of fused-ring (bicyclic) bond motifs is 1. The van der Waals surface area contributed by atoms with Gasteiger partial charge in [-0.15, -0.1) is 4.52 Å². The van der Waals surface area contributed by atoms with Crippen molar-refractivity contribution < 1.29 is 28.1 Å². The SMILES string of the molecule is CCOc1nc(N)nc2c1ncn2C1OC(CO[P+](=O)NC(C)COC(=O)C(C)C)CC1C. The van der Waals surface area contributed by atoms with Gasteiger partial charge in [-0.05, 0) is 24.8 Å². The van der Waals surface area contributed by atoms with Gasteiger partial charge in [0.1, 0.15) is 19.4 Å². The van der Waals surface area contributed by atoms with Gasteiger partial charge in [0.2, 0.25) is 11.8 Å². The van der Waals surface area contributed by atoms with Crippen LogP contribution in [0.4, 0.5) is 5.95 Å². The zero-order valence-electron chi connectivity index (χ0n) is 19.6. The third-order valence-corrected chi connectivity index (χ3v) is 6.10. The lowest BCUT2D eigenvalue weighted by molar-refractivity contribution is -0.147. The summed E-state index contributed by atoms with van der Waals surface area (Å²) in [5.74, 6) is 0.0440. The molecule has 0 spiro atoms. The summed E-state index contributed by atoms with van der Waals surface area (Å²) in [5.41, 5.74) is 6.89. The van der Waals surface area contributed by atoms with Gasteiger partial charge in [-0.1, -0.05) is 25.9 Å². The number of hydrogen-bond donors (Lipinski definition) is 2. The van der Waals surface area contributed by atoms with Crippen molar-refractivity contribution in [2.45, 2.75) is 59.4 Å². The van der Waals surface area contributed by atoms with E-state index in [0.717, 1.165) is 0 Å². The van der Waals surface area contributed by atoms with Gasteiger partial charge in [0.05, 0.1) is 31.0 Å². The van der Waals surface area contributed by atoms with E-state index < -0.39 is 8.18 Å². The van der Waals surface area contributed by atoms with Crippen molar-refractivity contribution in [1.29, 1.82) is 0 Å². The lowest BCUT2D eigenvalue weighted by Gasteiger charge is -2.17. The maximum absolute atomic E-state index is 12.3. The number of carbonyl (C=O) groups excluding carboxylic acids is 1. The number of nitrogens with two attached hydrogens (primary N) is 1. The Bertz CT molecular complexity index is 985. The van der Waals surface area contributed by atoms with E-state index in [4.69, 9.17) is 24.5 Å². The maximum Gasteiger partial charge on any atom is 0.613 e. The minimum Gasteiger partial charge on any atom is -0.476 e. The third-order valence-electron chi connectivity index (χ3n) is 5.07. The highest BCUT2D eigenvalue weighted by Gasteiger charge is 2.37. The summed E-state index contributed by atoms with van der Waals surface area (Å²) in [4.78, 5) is 24.4. The van der Waals surface area contributed by atoms with Gasteiger partial charge in [-0.25, -0.2) is 4.98 Å². The number of nitrogens with zero attached hydrogens (tertiary/aromatic N) is 4. The highest BCUT2D eigenvalue weighted by molar-refractivity contribution is 7.36. The van der Waals surface area contributed by atoms with Crippen molar-refractivity contribution in [3.63, 3.8) is 0 Å². The van der Waals surface area contributed by atoms with Crippen molar-refractivity contribution in [3.8, 4) is 5.88 Å². The fourth-order valence-electron chi connectivity index (χ4n) is 3.47. The van der Waals surface area contributed by atoms with E-state index in [-0.39, 0.29) is 55.3 Å². The number of esters is 1. The highest BCUT2D eigenvalue weighted by Crippen LogP contribution is 2.37. The lowest BCUT2D eigenvalue weighted by atomic mass is 10.1. The van der Waals surface area contributed by atoms with E-state index in [1.807, 2.05) is 18.4 Å². The van der Waals surface area contributed by atoms with E-state index in [1.54, 1.807) is 27.1 Å². The number of hydrogen-bond acceptors (Lipinski definition) is 10. The lowest BCUT2D eigenvalue weighted by Crippen LogP contribution is -2.28. The molecule has 2 aromatic heterocycles. The van der Waals surface area contributed by atoms with Crippen LogP contribution in [0.15, 0.2) is 6.33 Å². The van der Waals surface area contributed by atoms with Crippen LogP contribution in [0.2, 0.25) is 0 Å². The number of ether oxygens (including phenoxy) is 3. The third kappa shape index (κ3) is 6.35. The van der Waals surface area contributed by atoms with Crippen LogP contribution < -0.4 is 15.6 Å². The molecule has 2 aromatic rings. The standard InChI is InChI=1S/C20H32N6O6P/c1-6-29-17-15-16(23-20(21)24-17)26(10-22-15)18-12(4)7-14(32-18)9-31-33(28)25-13(5)8-30-19(27)11(2)3/h10-14,18H,6-9H2,1-5H3,(H,25,28)(H2,21,23,24)/q+1. The first kappa shape index (κ1) is 25.2. The molecule has 12 nitrogen and oxygen atoms in total. The molecule has 1 fully saturated rings. The second-order valence-electron chi connectivity index (χ2n) is 8.37. The second kappa shape index (κ2) is 11.1. The molecule has 3 heterocycles. The van der Waals surface area contributed by atoms with Crippen molar-refractivity contribution in [1.82, 2.24) is 24.6 Å². The average Bonchev–Trinajstić information content (AvgIpc) is 3.33. The molecule has 1 aliphatic heterocycles. The maximum atomic E-state index is 12.3. The van der Waals surface area contributed by atoms with Gasteiger partial charge in [-0.3, -0.25) is 9.36 Å². The van der Waals surface area contributed by atoms with Gasteiger partial charge in [0.15, 0.2) is 11.2 Å². The van der Waals surface area contributed by atoms with Crippen molar-refractivity contribution in [2.75, 3.05) is 25.6 Å². The fourth-order valence-corrected chi connectivity index (χ4v) is 4.28. The van der Waals surface area contributed by atoms with Crippen LogP contribution in [0, 0.1) is 11.8 Å². The second-order valence-corrected chi connectivity index (χ2v) is 9.40. The van der Waals surface area contributed by atoms with Crippen molar-refractivity contribution in [2.24, 2.45) is 11.8 Å². The van der Waals surface area contributed by atoms with Gasteiger partial charge in [-0.2, -0.15) is 9.97 Å². The predicted molar refractivity (Wildman–Crippen MR) is 121 cm³/mol. The van der Waals surface area contributed by atoms with Gasteiger partial charge in [0, 0.05) is 5.92 Å². The molecule has 3 rings (SSSR count). The molecular formula is C20H32N6O6P+. The first-order valence-corrected chi connectivity index (χ1v) is 12.2. The largest absolute Gasteiger partial charge is 0.613 e. The first-order valence-electron chi connectivity index (χ1n) is 11.0. The summed E-state index contributed by atoms with van der Waals surface area (Å²) >= 11 is 0.